The van der Waals surface area contributed by atoms with Crippen LogP contribution in [0.3, 0.4) is 0 Å². The molecular weight excluding hydrogens is 229 g/mol. The molecule has 0 amide bonds. The molecule has 0 spiro atoms. The fourth-order valence-corrected chi connectivity index (χ4v) is 2.41. The van der Waals surface area contributed by atoms with Crippen LogP contribution in [0.5, 0.6) is 0 Å². The van der Waals surface area contributed by atoms with E-state index in [0.29, 0.717) is 12.8 Å². The van der Waals surface area contributed by atoms with Gasteiger partial charge in [-0.2, -0.15) is 13.2 Å². The normalized spacial score (nSPS) is 18.1. The quantitative estimate of drug-likeness (QED) is 0.866. The molecule has 1 aliphatic rings. The number of hydrogen-bond acceptors (Lipinski definition) is 1. The van der Waals surface area contributed by atoms with E-state index in [1.165, 1.54) is 0 Å². The Morgan fingerprint density at radius 2 is 1.71 bits per heavy atom. The lowest BCUT2D eigenvalue weighted by atomic mass is 9.95. The number of hydrogen-bond donors (Lipinski definition) is 1. The number of halogens is 3. The first kappa shape index (κ1) is 12.4. The average molecular weight is 244 g/mol. The third kappa shape index (κ3) is 3.22. The van der Waals surface area contributed by atoms with Crippen molar-refractivity contribution < 1.29 is 18.3 Å². The van der Waals surface area contributed by atoms with Gasteiger partial charge in [0.05, 0.1) is 6.10 Å². The Morgan fingerprint density at radius 1 is 1.18 bits per heavy atom. The largest absolute Gasteiger partial charge is 0.393 e. The molecule has 1 N–H and O–H groups in total. The molecule has 1 aliphatic carbocycles. The second-order valence-electron chi connectivity index (χ2n) is 4.66. The molecule has 1 nitrogen and oxygen atoms in total. The topological polar surface area (TPSA) is 20.2 Å². The van der Waals surface area contributed by atoms with Crippen molar-refractivity contribution in [3.63, 3.8) is 0 Å². The minimum Gasteiger partial charge on any atom is -0.393 e. The number of aliphatic hydroxyl groups is 1. The van der Waals surface area contributed by atoms with Crippen LogP contribution >= 0.6 is 0 Å². The molecule has 2 rings (SSSR count). The van der Waals surface area contributed by atoms with Crippen molar-refractivity contribution in [2.75, 3.05) is 0 Å². The van der Waals surface area contributed by atoms with Gasteiger partial charge < -0.3 is 5.11 Å². The molecule has 0 aliphatic heterocycles. The summed E-state index contributed by atoms with van der Waals surface area (Å²) in [5.74, 6) is -0.0604. The number of aliphatic hydroxyl groups excluding tert-OH is 1. The fourth-order valence-electron chi connectivity index (χ4n) is 2.41. The Balaban J connectivity index is 1.90. The van der Waals surface area contributed by atoms with Gasteiger partial charge in [0, 0.05) is 6.42 Å². The Bertz CT molecular complexity index is 361. The smallest absolute Gasteiger partial charge is 0.389 e. The van der Waals surface area contributed by atoms with E-state index in [1.54, 1.807) is 0 Å². The summed E-state index contributed by atoms with van der Waals surface area (Å²) in [6.45, 7) is 0. The van der Waals surface area contributed by atoms with Gasteiger partial charge in [0.15, 0.2) is 0 Å². The van der Waals surface area contributed by atoms with Gasteiger partial charge in [-0.25, -0.2) is 0 Å². The minimum absolute atomic E-state index is 0.0604. The summed E-state index contributed by atoms with van der Waals surface area (Å²) in [5, 5.41) is 9.78. The Labute approximate surface area is 98.3 Å². The molecule has 1 atom stereocenters. The first-order valence-corrected chi connectivity index (χ1v) is 5.77. The summed E-state index contributed by atoms with van der Waals surface area (Å²) in [6, 6.07) is 7.80. The summed E-state index contributed by atoms with van der Waals surface area (Å²) in [6.07, 6.45) is -4.75. The summed E-state index contributed by atoms with van der Waals surface area (Å²) >= 11 is 0. The third-order valence-corrected chi connectivity index (χ3v) is 3.35. The van der Waals surface area contributed by atoms with Gasteiger partial charge in [-0.3, -0.25) is 0 Å². The van der Waals surface area contributed by atoms with Crippen LogP contribution in [0.2, 0.25) is 0 Å². The van der Waals surface area contributed by atoms with Crippen LogP contribution in [-0.2, 0) is 12.8 Å². The van der Waals surface area contributed by atoms with Crippen molar-refractivity contribution in [3.8, 4) is 0 Å². The number of fused-ring (bicyclic) bond motifs is 1. The highest BCUT2D eigenvalue weighted by molar-refractivity contribution is 5.32. The van der Waals surface area contributed by atoms with Crippen LogP contribution < -0.4 is 0 Å². The predicted molar refractivity (Wildman–Crippen MR) is 58.6 cm³/mol. The minimum atomic E-state index is -4.17. The Kier molecular flexibility index (Phi) is 3.43. The zero-order valence-electron chi connectivity index (χ0n) is 9.37. The van der Waals surface area contributed by atoms with Gasteiger partial charge in [0.1, 0.15) is 0 Å². The molecule has 1 unspecified atom stereocenters. The van der Waals surface area contributed by atoms with Crippen LogP contribution in [0.4, 0.5) is 13.2 Å². The lowest BCUT2D eigenvalue weighted by Gasteiger charge is -2.18. The molecule has 1 aromatic rings. The molecule has 0 heterocycles. The van der Waals surface area contributed by atoms with Gasteiger partial charge in [-0.05, 0) is 36.3 Å². The second-order valence-corrected chi connectivity index (χ2v) is 4.66. The number of alkyl halides is 3. The maximum absolute atomic E-state index is 12.1. The zero-order valence-corrected chi connectivity index (χ0v) is 9.37. The summed E-state index contributed by atoms with van der Waals surface area (Å²) in [7, 11) is 0. The average Bonchev–Trinajstić information content (AvgIpc) is 2.68. The van der Waals surface area contributed by atoms with Gasteiger partial charge in [0.2, 0.25) is 0 Å². The highest BCUT2D eigenvalue weighted by Gasteiger charge is 2.32. The Morgan fingerprint density at radius 3 is 2.18 bits per heavy atom. The van der Waals surface area contributed by atoms with Gasteiger partial charge in [0.25, 0.3) is 0 Å². The van der Waals surface area contributed by atoms with Gasteiger partial charge in [-0.1, -0.05) is 24.3 Å². The zero-order chi connectivity index (χ0) is 12.5. The molecule has 0 saturated heterocycles. The molecule has 0 aromatic heterocycles. The van der Waals surface area contributed by atoms with Crippen molar-refractivity contribution in [2.24, 2.45) is 5.92 Å². The van der Waals surface area contributed by atoms with Crippen molar-refractivity contribution >= 4 is 0 Å². The van der Waals surface area contributed by atoms with Crippen molar-refractivity contribution in [3.05, 3.63) is 35.4 Å². The van der Waals surface area contributed by atoms with Crippen molar-refractivity contribution in [1.82, 2.24) is 0 Å². The summed E-state index contributed by atoms with van der Waals surface area (Å²) in [4.78, 5) is 0. The second kappa shape index (κ2) is 4.69. The van der Waals surface area contributed by atoms with E-state index in [2.05, 4.69) is 0 Å². The highest BCUT2D eigenvalue weighted by atomic mass is 19.4. The van der Waals surface area contributed by atoms with E-state index < -0.39 is 18.7 Å². The summed E-state index contributed by atoms with van der Waals surface area (Å²) < 4.78 is 36.2. The van der Waals surface area contributed by atoms with Gasteiger partial charge >= 0.3 is 6.18 Å². The van der Waals surface area contributed by atoms with Crippen LogP contribution in [0.1, 0.15) is 24.0 Å². The summed E-state index contributed by atoms with van der Waals surface area (Å²) in [5.41, 5.74) is 2.31. The molecule has 4 heteroatoms. The van der Waals surface area contributed by atoms with E-state index >= 15 is 0 Å². The molecule has 0 fully saturated rings. The number of benzene rings is 1. The van der Waals surface area contributed by atoms with E-state index in [0.717, 1.165) is 11.1 Å². The molecular formula is C13H15F3O. The van der Waals surface area contributed by atoms with Crippen LogP contribution in [-0.4, -0.2) is 17.4 Å². The maximum atomic E-state index is 12.1. The first-order chi connectivity index (χ1) is 7.96. The third-order valence-electron chi connectivity index (χ3n) is 3.35. The molecule has 17 heavy (non-hydrogen) atoms. The molecule has 0 saturated carbocycles. The standard InChI is InChI=1S/C13H15F3O/c14-13(15,16)6-5-12(17)11-7-9-3-1-2-4-10(9)8-11/h1-4,11-12,17H,5-8H2. The first-order valence-electron chi connectivity index (χ1n) is 5.77. The van der Waals surface area contributed by atoms with Crippen LogP contribution in [0.15, 0.2) is 24.3 Å². The maximum Gasteiger partial charge on any atom is 0.389 e. The van der Waals surface area contributed by atoms with Crippen LogP contribution in [0, 0.1) is 5.92 Å². The predicted octanol–water partition coefficient (Wildman–Crippen LogP) is 3.10. The van der Waals surface area contributed by atoms with Crippen molar-refractivity contribution in [1.29, 1.82) is 0 Å². The van der Waals surface area contributed by atoms with Gasteiger partial charge in [-0.15, -0.1) is 0 Å². The van der Waals surface area contributed by atoms with E-state index in [1.807, 2.05) is 24.3 Å². The number of rotatable bonds is 3. The lowest BCUT2D eigenvalue weighted by Crippen LogP contribution is -2.23. The van der Waals surface area contributed by atoms with E-state index in [4.69, 9.17) is 0 Å². The Hall–Kier alpha value is -1.03. The van der Waals surface area contributed by atoms with Crippen molar-refractivity contribution in [2.45, 2.75) is 38.0 Å². The van der Waals surface area contributed by atoms with E-state index in [9.17, 15) is 18.3 Å². The monoisotopic (exact) mass is 244 g/mol. The molecule has 0 radical (unpaired) electrons. The SMILES string of the molecule is OC(CCC(F)(F)F)C1Cc2ccccc2C1. The lowest BCUT2D eigenvalue weighted by molar-refractivity contribution is -0.141. The molecule has 1 aromatic carbocycles. The van der Waals surface area contributed by atoms with Crippen LogP contribution in [0.25, 0.3) is 0 Å². The molecule has 94 valence electrons. The van der Waals surface area contributed by atoms with E-state index in [-0.39, 0.29) is 12.3 Å². The molecule has 0 bridgehead atoms. The highest BCUT2D eigenvalue weighted by Crippen LogP contribution is 2.32. The fraction of sp³-hybridized carbons (Fsp3) is 0.538.